The van der Waals surface area contributed by atoms with Crippen LogP contribution < -0.4 is 0 Å². The molecule has 0 aromatic heterocycles. The van der Waals surface area contributed by atoms with Gasteiger partial charge in [0.1, 0.15) is 0 Å². The van der Waals surface area contributed by atoms with Crippen molar-refractivity contribution in [1.29, 1.82) is 0 Å². The topological polar surface area (TPSA) is 0 Å². The lowest BCUT2D eigenvalue weighted by Gasteiger charge is -2.22. The molecule has 1 fully saturated rings. The Morgan fingerprint density at radius 1 is 1.00 bits per heavy atom. The minimum absolute atomic E-state index is 0.479. The fraction of sp³-hybridized carbons (Fsp3) is 0.571. The molecule has 17 heavy (non-hydrogen) atoms. The molecule has 1 aliphatic carbocycles. The monoisotopic (exact) mass is 422 g/mol. The van der Waals surface area contributed by atoms with E-state index in [1.165, 1.54) is 48.6 Å². The molecule has 0 saturated heterocycles. The molecule has 0 heterocycles. The standard InChI is InChI=1S/C14H17Br3/c15-11-7-8-13(16)12(9-11)14(17)10-5-3-1-2-4-6-10/h7-10,14H,1-6H2. The molecule has 1 aliphatic rings. The van der Waals surface area contributed by atoms with Gasteiger partial charge in [0.05, 0.1) is 0 Å². The van der Waals surface area contributed by atoms with Crippen LogP contribution in [0, 0.1) is 5.92 Å². The SMILES string of the molecule is Brc1ccc(Br)c(C(Br)C2CCCCCC2)c1. The number of hydrogen-bond donors (Lipinski definition) is 0. The fourth-order valence-electron chi connectivity index (χ4n) is 2.58. The molecule has 1 aromatic rings. The van der Waals surface area contributed by atoms with Crippen LogP contribution in [0.3, 0.4) is 0 Å². The van der Waals surface area contributed by atoms with E-state index in [1.807, 2.05) is 0 Å². The van der Waals surface area contributed by atoms with Crippen molar-refractivity contribution in [1.82, 2.24) is 0 Å². The van der Waals surface area contributed by atoms with Crippen LogP contribution in [0.25, 0.3) is 0 Å². The van der Waals surface area contributed by atoms with Gasteiger partial charge in [-0.1, -0.05) is 73.5 Å². The van der Waals surface area contributed by atoms with Gasteiger partial charge >= 0.3 is 0 Å². The van der Waals surface area contributed by atoms with Crippen LogP contribution in [0.5, 0.6) is 0 Å². The Balaban J connectivity index is 2.16. The van der Waals surface area contributed by atoms with E-state index in [9.17, 15) is 0 Å². The highest BCUT2D eigenvalue weighted by Crippen LogP contribution is 2.42. The van der Waals surface area contributed by atoms with Crippen molar-refractivity contribution in [3.63, 3.8) is 0 Å². The highest BCUT2D eigenvalue weighted by Gasteiger charge is 2.23. The summed E-state index contributed by atoms with van der Waals surface area (Å²) >= 11 is 11.1. The first-order valence-electron chi connectivity index (χ1n) is 6.27. The van der Waals surface area contributed by atoms with E-state index < -0.39 is 0 Å². The predicted octanol–water partition coefficient (Wildman–Crippen LogP) is 6.62. The van der Waals surface area contributed by atoms with Crippen LogP contribution in [0.15, 0.2) is 27.1 Å². The Hall–Kier alpha value is 0.660. The second kappa shape index (κ2) is 6.72. The smallest absolute Gasteiger partial charge is 0.0435 e. The number of rotatable bonds is 2. The van der Waals surface area contributed by atoms with E-state index in [2.05, 4.69) is 66.0 Å². The molecule has 1 saturated carbocycles. The van der Waals surface area contributed by atoms with E-state index in [4.69, 9.17) is 0 Å². The third-order valence-corrected chi connectivity index (χ3v) is 6.03. The third-order valence-electron chi connectivity index (χ3n) is 3.57. The average molecular weight is 425 g/mol. The van der Waals surface area contributed by atoms with E-state index in [0.29, 0.717) is 4.83 Å². The minimum atomic E-state index is 0.479. The van der Waals surface area contributed by atoms with E-state index in [1.54, 1.807) is 0 Å². The molecule has 94 valence electrons. The Morgan fingerprint density at radius 2 is 1.65 bits per heavy atom. The largest absolute Gasteiger partial charge is 0.0835 e. The van der Waals surface area contributed by atoms with E-state index >= 15 is 0 Å². The van der Waals surface area contributed by atoms with E-state index in [0.717, 1.165) is 10.4 Å². The van der Waals surface area contributed by atoms with Crippen LogP contribution >= 0.6 is 47.8 Å². The molecule has 0 amide bonds. The first-order valence-corrected chi connectivity index (χ1v) is 8.77. The lowest BCUT2D eigenvalue weighted by Crippen LogP contribution is -2.07. The minimum Gasteiger partial charge on any atom is -0.0835 e. The first-order chi connectivity index (χ1) is 8.18. The molecule has 0 radical (unpaired) electrons. The summed E-state index contributed by atoms with van der Waals surface area (Å²) < 4.78 is 2.38. The van der Waals surface area contributed by atoms with Gasteiger partial charge in [-0.25, -0.2) is 0 Å². The molecular formula is C14H17Br3. The zero-order valence-corrected chi connectivity index (χ0v) is 14.5. The maximum atomic E-state index is 3.92. The summed E-state index contributed by atoms with van der Waals surface area (Å²) in [5, 5.41) is 0. The first kappa shape index (κ1) is 14.1. The van der Waals surface area contributed by atoms with Crippen molar-refractivity contribution in [2.24, 2.45) is 5.92 Å². The van der Waals surface area contributed by atoms with Gasteiger partial charge in [-0.2, -0.15) is 0 Å². The lowest BCUT2D eigenvalue weighted by molar-refractivity contribution is 0.454. The highest BCUT2D eigenvalue weighted by atomic mass is 79.9. The maximum absolute atomic E-state index is 3.92. The Morgan fingerprint density at radius 3 is 2.29 bits per heavy atom. The number of alkyl halides is 1. The molecule has 1 unspecified atom stereocenters. The van der Waals surface area contributed by atoms with Crippen molar-refractivity contribution in [2.75, 3.05) is 0 Å². The van der Waals surface area contributed by atoms with Gasteiger partial charge in [0.2, 0.25) is 0 Å². The molecule has 0 aliphatic heterocycles. The Labute approximate surface area is 129 Å². The van der Waals surface area contributed by atoms with Crippen molar-refractivity contribution >= 4 is 47.8 Å². The Bertz CT molecular complexity index is 368. The molecule has 0 nitrogen and oxygen atoms in total. The summed E-state index contributed by atoms with van der Waals surface area (Å²) in [6.07, 6.45) is 8.31. The number of benzene rings is 1. The molecule has 0 N–H and O–H groups in total. The molecule has 2 rings (SSSR count). The van der Waals surface area contributed by atoms with Gasteiger partial charge < -0.3 is 0 Å². The highest BCUT2D eigenvalue weighted by molar-refractivity contribution is 9.11. The number of halogens is 3. The number of hydrogen-bond acceptors (Lipinski definition) is 0. The summed E-state index contributed by atoms with van der Waals surface area (Å²) in [4.78, 5) is 0.479. The molecule has 0 bridgehead atoms. The second-order valence-electron chi connectivity index (χ2n) is 4.82. The normalized spacial score (nSPS) is 19.9. The molecular weight excluding hydrogens is 408 g/mol. The van der Waals surface area contributed by atoms with Gasteiger partial charge in [-0.3, -0.25) is 0 Å². The molecule has 3 heteroatoms. The average Bonchev–Trinajstić information content (AvgIpc) is 2.60. The molecule has 1 aromatic carbocycles. The van der Waals surface area contributed by atoms with Crippen LogP contribution in [-0.2, 0) is 0 Å². The van der Waals surface area contributed by atoms with Gasteiger partial charge in [0.15, 0.2) is 0 Å². The quantitative estimate of drug-likeness (QED) is 0.369. The summed E-state index contributed by atoms with van der Waals surface area (Å²) in [5.74, 6) is 0.781. The molecule has 0 spiro atoms. The van der Waals surface area contributed by atoms with Crippen molar-refractivity contribution < 1.29 is 0 Å². The maximum Gasteiger partial charge on any atom is 0.0435 e. The van der Waals surface area contributed by atoms with Gasteiger partial charge in [-0.15, -0.1) is 0 Å². The van der Waals surface area contributed by atoms with Crippen molar-refractivity contribution in [2.45, 2.75) is 43.4 Å². The summed E-state index contributed by atoms with van der Waals surface area (Å²) in [6, 6.07) is 6.44. The third kappa shape index (κ3) is 3.81. The predicted molar refractivity (Wildman–Crippen MR) is 84.7 cm³/mol. The zero-order chi connectivity index (χ0) is 12.3. The Kier molecular flexibility index (Phi) is 5.56. The van der Waals surface area contributed by atoms with Gasteiger partial charge in [0.25, 0.3) is 0 Å². The summed E-state index contributed by atoms with van der Waals surface area (Å²) in [5.41, 5.74) is 1.38. The van der Waals surface area contributed by atoms with Crippen LogP contribution in [-0.4, -0.2) is 0 Å². The summed E-state index contributed by atoms with van der Waals surface area (Å²) in [6.45, 7) is 0. The van der Waals surface area contributed by atoms with Crippen LogP contribution in [0.2, 0.25) is 0 Å². The second-order valence-corrected chi connectivity index (χ2v) is 7.58. The molecule has 1 atom stereocenters. The van der Waals surface area contributed by atoms with Crippen LogP contribution in [0.1, 0.15) is 48.9 Å². The lowest BCUT2D eigenvalue weighted by atomic mass is 9.92. The van der Waals surface area contributed by atoms with Crippen molar-refractivity contribution in [3.8, 4) is 0 Å². The fourth-order valence-corrected chi connectivity index (χ4v) is 4.67. The van der Waals surface area contributed by atoms with Gasteiger partial charge in [-0.05, 0) is 42.5 Å². The summed E-state index contributed by atoms with van der Waals surface area (Å²) in [7, 11) is 0. The van der Waals surface area contributed by atoms with Gasteiger partial charge in [0, 0.05) is 13.8 Å². The zero-order valence-electron chi connectivity index (χ0n) is 9.76. The van der Waals surface area contributed by atoms with E-state index in [-0.39, 0.29) is 0 Å². The van der Waals surface area contributed by atoms with Crippen LogP contribution in [0.4, 0.5) is 0 Å². The van der Waals surface area contributed by atoms with Crippen molar-refractivity contribution in [3.05, 3.63) is 32.7 Å².